The van der Waals surface area contributed by atoms with E-state index in [0.29, 0.717) is 18.3 Å². The molecule has 1 aromatic heterocycles. The van der Waals surface area contributed by atoms with Crippen LogP contribution in [0.3, 0.4) is 0 Å². The van der Waals surface area contributed by atoms with Crippen molar-refractivity contribution in [3.63, 3.8) is 0 Å². The zero-order valence-electron chi connectivity index (χ0n) is 12.9. The number of nitrogens with one attached hydrogen (secondary N) is 1. The largest absolute Gasteiger partial charge is 0.481 e. The van der Waals surface area contributed by atoms with Crippen molar-refractivity contribution >= 4 is 5.91 Å². The fourth-order valence-corrected chi connectivity index (χ4v) is 4.32. The number of amides is 1. The second-order valence-corrected chi connectivity index (χ2v) is 6.71. The number of nitrogens with zero attached hydrogens (tertiary/aromatic N) is 1. The van der Waals surface area contributed by atoms with Crippen molar-refractivity contribution in [2.75, 3.05) is 20.3 Å². The molecule has 0 bridgehead atoms. The van der Waals surface area contributed by atoms with Crippen LogP contribution in [0, 0.1) is 11.3 Å². The Bertz CT molecular complexity index is 599. The molecule has 1 N–H and O–H groups in total. The summed E-state index contributed by atoms with van der Waals surface area (Å²) in [6.45, 7) is 1.38. The molecule has 22 heavy (non-hydrogen) atoms. The number of aromatic nitrogens is 1. The molecule has 1 spiro atoms. The second-order valence-electron chi connectivity index (χ2n) is 6.71. The third-order valence-corrected chi connectivity index (χ3v) is 5.77. The Hall–Kier alpha value is -1.62. The Balaban J connectivity index is 1.38. The lowest BCUT2D eigenvalue weighted by Gasteiger charge is -2.44. The minimum absolute atomic E-state index is 0.131. The van der Waals surface area contributed by atoms with Crippen molar-refractivity contribution in [3.8, 4) is 5.88 Å². The summed E-state index contributed by atoms with van der Waals surface area (Å²) in [4.78, 5) is 16.9. The van der Waals surface area contributed by atoms with Crippen LogP contribution in [0.25, 0.3) is 0 Å². The molecule has 3 fully saturated rings. The smallest absolute Gasteiger partial charge is 0.229 e. The van der Waals surface area contributed by atoms with Gasteiger partial charge in [0.05, 0.1) is 24.7 Å². The van der Waals surface area contributed by atoms with E-state index in [0.717, 1.165) is 37.9 Å². The molecule has 0 radical (unpaired) electrons. The van der Waals surface area contributed by atoms with Gasteiger partial charge in [0.15, 0.2) is 0 Å². The average molecular weight is 302 g/mol. The number of hydrogen-bond acceptors (Lipinski definition) is 4. The molecule has 4 rings (SSSR count). The fourth-order valence-electron chi connectivity index (χ4n) is 4.32. The molecule has 1 saturated heterocycles. The Labute approximate surface area is 130 Å². The van der Waals surface area contributed by atoms with Crippen LogP contribution < -0.4 is 10.1 Å². The van der Waals surface area contributed by atoms with Crippen molar-refractivity contribution in [2.45, 2.75) is 37.7 Å². The molecule has 0 unspecified atom stereocenters. The third-order valence-electron chi connectivity index (χ3n) is 5.77. The molecular weight excluding hydrogens is 280 g/mol. The number of fused-ring (bicyclic) bond motifs is 2. The molecule has 1 aromatic rings. The lowest BCUT2D eigenvalue weighted by Crippen LogP contribution is -2.52. The minimum atomic E-state index is -0.218. The van der Waals surface area contributed by atoms with Crippen molar-refractivity contribution < 1.29 is 14.3 Å². The van der Waals surface area contributed by atoms with Gasteiger partial charge in [0.1, 0.15) is 0 Å². The minimum Gasteiger partial charge on any atom is -0.481 e. The Morgan fingerprint density at radius 1 is 1.55 bits per heavy atom. The number of hydrogen-bond donors (Lipinski definition) is 1. The Morgan fingerprint density at radius 3 is 3.09 bits per heavy atom. The number of ether oxygens (including phenoxy) is 2. The topological polar surface area (TPSA) is 60.5 Å². The highest BCUT2D eigenvalue weighted by atomic mass is 16.5. The standard InChI is InChI=1S/C17H22N2O3/c1-21-14-12(4-2-8-18-14)5-9-19-15(20)17-10-13(17)11-22-16(17)6-3-7-16/h2,4,8,13H,3,5-7,9-11H2,1H3,(H,19,20)/t13-,17-/m0/s1. The Kier molecular flexibility index (Phi) is 3.15. The van der Waals surface area contributed by atoms with E-state index < -0.39 is 0 Å². The number of carbonyl (C=O) groups excluding carboxylic acids is 1. The number of pyridine rings is 1. The summed E-state index contributed by atoms with van der Waals surface area (Å²) >= 11 is 0. The number of carbonyl (C=O) groups is 1. The number of methoxy groups -OCH3 is 1. The highest BCUT2D eigenvalue weighted by Crippen LogP contribution is 2.71. The van der Waals surface area contributed by atoms with Gasteiger partial charge in [-0.3, -0.25) is 4.79 Å². The molecule has 118 valence electrons. The lowest BCUT2D eigenvalue weighted by atomic mass is 9.68. The first-order valence-electron chi connectivity index (χ1n) is 8.12. The zero-order valence-corrected chi connectivity index (χ0v) is 12.9. The van der Waals surface area contributed by atoms with E-state index in [1.165, 1.54) is 6.42 Å². The first-order chi connectivity index (χ1) is 10.7. The maximum Gasteiger partial charge on any atom is 0.229 e. The molecule has 2 aliphatic carbocycles. The molecule has 5 nitrogen and oxygen atoms in total. The van der Waals surface area contributed by atoms with Crippen LogP contribution in [0.15, 0.2) is 18.3 Å². The van der Waals surface area contributed by atoms with Gasteiger partial charge in [0, 0.05) is 24.2 Å². The molecule has 2 saturated carbocycles. The van der Waals surface area contributed by atoms with E-state index >= 15 is 0 Å². The van der Waals surface area contributed by atoms with Gasteiger partial charge >= 0.3 is 0 Å². The Morgan fingerprint density at radius 2 is 2.41 bits per heavy atom. The van der Waals surface area contributed by atoms with Gasteiger partial charge < -0.3 is 14.8 Å². The van der Waals surface area contributed by atoms with Gasteiger partial charge in [-0.15, -0.1) is 0 Å². The summed E-state index contributed by atoms with van der Waals surface area (Å²) in [5.41, 5.74) is 0.675. The quantitative estimate of drug-likeness (QED) is 0.899. The van der Waals surface area contributed by atoms with Gasteiger partial charge in [-0.1, -0.05) is 6.07 Å². The van der Waals surface area contributed by atoms with Gasteiger partial charge in [0.25, 0.3) is 0 Å². The van der Waals surface area contributed by atoms with E-state index in [4.69, 9.17) is 9.47 Å². The second kappa shape index (κ2) is 4.95. The third kappa shape index (κ3) is 1.81. The summed E-state index contributed by atoms with van der Waals surface area (Å²) in [7, 11) is 1.62. The highest BCUT2D eigenvalue weighted by molar-refractivity contribution is 5.88. The predicted molar refractivity (Wildman–Crippen MR) is 80.6 cm³/mol. The van der Waals surface area contributed by atoms with Crippen molar-refractivity contribution in [1.29, 1.82) is 0 Å². The van der Waals surface area contributed by atoms with Gasteiger partial charge in [-0.25, -0.2) is 4.98 Å². The summed E-state index contributed by atoms with van der Waals surface area (Å²) in [6, 6.07) is 3.88. The summed E-state index contributed by atoms with van der Waals surface area (Å²) in [6.07, 6.45) is 6.74. The van der Waals surface area contributed by atoms with Crippen LogP contribution in [0.5, 0.6) is 5.88 Å². The lowest BCUT2D eigenvalue weighted by molar-refractivity contribution is -0.148. The normalized spacial score (nSPS) is 30.5. The molecule has 1 amide bonds. The van der Waals surface area contributed by atoms with E-state index in [2.05, 4.69) is 10.3 Å². The first kappa shape index (κ1) is 14.0. The van der Waals surface area contributed by atoms with Crippen LogP contribution >= 0.6 is 0 Å². The van der Waals surface area contributed by atoms with Crippen LogP contribution in [0.1, 0.15) is 31.2 Å². The molecule has 3 aliphatic rings. The van der Waals surface area contributed by atoms with Crippen LogP contribution in [-0.4, -0.2) is 36.8 Å². The van der Waals surface area contributed by atoms with E-state index in [-0.39, 0.29) is 16.9 Å². The summed E-state index contributed by atoms with van der Waals surface area (Å²) < 4.78 is 11.2. The van der Waals surface area contributed by atoms with Crippen LogP contribution in [0.4, 0.5) is 0 Å². The monoisotopic (exact) mass is 302 g/mol. The maximum absolute atomic E-state index is 12.7. The summed E-state index contributed by atoms with van der Waals surface area (Å²) in [5, 5.41) is 3.13. The molecule has 5 heteroatoms. The van der Waals surface area contributed by atoms with Crippen molar-refractivity contribution in [1.82, 2.24) is 10.3 Å². The van der Waals surface area contributed by atoms with Gasteiger partial charge in [-0.05, 0) is 38.2 Å². The molecule has 1 aliphatic heterocycles. The predicted octanol–water partition coefficient (Wildman–Crippen LogP) is 1.71. The summed E-state index contributed by atoms with van der Waals surface area (Å²) in [5.74, 6) is 1.28. The van der Waals surface area contributed by atoms with Crippen LogP contribution in [0.2, 0.25) is 0 Å². The molecule has 2 atom stereocenters. The maximum atomic E-state index is 12.7. The zero-order chi connectivity index (χ0) is 15.2. The number of rotatable bonds is 5. The van der Waals surface area contributed by atoms with Gasteiger partial charge in [-0.2, -0.15) is 0 Å². The molecule has 0 aromatic carbocycles. The molecule has 2 heterocycles. The van der Waals surface area contributed by atoms with Crippen molar-refractivity contribution in [2.24, 2.45) is 11.3 Å². The van der Waals surface area contributed by atoms with Crippen molar-refractivity contribution in [3.05, 3.63) is 23.9 Å². The first-order valence-corrected chi connectivity index (χ1v) is 8.12. The van der Waals surface area contributed by atoms with E-state index in [1.807, 2.05) is 12.1 Å². The average Bonchev–Trinajstić information content (AvgIpc) is 3.14. The molecular formula is C17H22N2O3. The fraction of sp³-hybridized carbons (Fsp3) is 0.647. The highest BCUT2D eigenvalue weighted by Gasteiger charge is 2.77. The van der Waals surface area contributed by atoms with Crippen LogP contribution in [-0.2, 0) is 16.0 Å². The SMILES string of the molecule is COc1ncccc1CCNC(=O)[C@]12C[C@H]1COC21CCC1. The van der Waals surface area contributed by atoms with Gasteiger partial charge in [0.2, 0.25) is 11.8 Å². The van der Waals surface area contributed by atoms with E-state index in [1.54, 1.807) is 13.3 Å². The van der Waals surface area contributed by atoms with E-state index in [9.17, 15) is 4.79 Å².